The first kappa shape index (κ1) is 19.2. The van der Waals surface area contributed by atoms with Gasteiger partial charge in [-0.25, -0.2) is 4.79 Å². The van der Waals surface area contributed by atoms with Gasteiger partial charge >= 0.3 is 5.97 Å². The molecule has 3 N–H and O–H groups in total. The molecule has 0 spiro atoms. The van der Waals surface area contributed by atoms with Gasteiger partial charge in [0.1, 0.15) is 6.04 Å². The average Bonchev–Trinajstić information content (AvgIpc) is 2.57. The third-order valence-corrected chi connectivity index (χ3v) is 4.12. The van der Waals surface area contributed by atoms with E-state index in [9.17, 15) is 19.5 Å². The summed E-state index contributed by atoms with van der Waals surface area (Å²) in [6.07, 6.45) is 0.212. The van der Waals surface area contributed by atoms with E-state index < -0.39 is 17.9 Å². The van der Waals surface area contributed by atoms with Gasteiger partial charge in [-0.05, 0) is 54.8 Å². The van der Waals surface area contributed by atoms with E-state index in [4.69, 9.17) is 0 Å². The summed E-state index contributed by atoms with van der Waals surface area (Å²) in [6.45, 7) is 5.24. The van der Waals surface area contributed by atoms with Crippen molar-refractivity contribution in [2.75, 3.05) is 5.32 Å². The zero-order valence-electron chi connectivity index (χ0n) is 15.0. The van der Waals surface area contributed by atoms with E-state index >= 15 is 0 Å². The van der Waals surface area contributed by atoms with Crippen molar-refractivity contribution >= 4 is 23.5 Å². The first-order valence-corrected chi connectivity index (χ1v) is 8.24. The largest absolute Gasteiger partial charge is 0.480 e. The minimum absolute atomic E-state index is 0.207. The highest BCUT2D eigenvalue weighted by Crippen LogP contribution is 2.16. The fraction of sp³-hybridized carbons (Fsp3) is 0.250. The number of carboxylic acid groups (broad SMARTS) is 1. The van der Waals surface area contributed by atoms with E-state index in [0.717, 1.165) is 16.7 Å². The topological polar surface area (TPSA) is 95.5 Å². The fourth-order valence-electron chi connectivity index (χ4n) is 2.72. The van der Waals surface area contributed by atoms with Gasteiger partial charge in [0.05, 0.1) is 0 Å². The maximum Gasteiger partial charge on any atom is 0.326 e. The van der Waals surface area contributed by atoms with Gasteiger partial charge in [-0.2, -0.15) is 0 Å². The molecule has 0 saturated heterocycles. The minimum Gasteiger partial charge on any atom is -0.480 e. The smallest absolute Gasteiger partial charge is 0.326 e. The maximum absolute atomic E-state index is 12.4. The van der Waals surface area contributed by atoms with Crippen molar-refractivity contribution in [3.8, 4) is 0 Å². The SMILES string of the molecule is CC(=O)Nc1ccc(C(=O)N[C@H](Cc2c(C)cccc2C)C(=O)O)cc1. The zero-order chi connectivity index (χ0) is 19.3. The molecular formula is C20H22N2O4. The summed E-state index contributed by atoms with van der Waals surface area (Å²) in [5.41, 5.74) is 3.79. The lowest BCUT2D eigenvalue weighted by atomic mass is 9.96. The van der Waals surface area contributed by atoms with Crippen LogP contribution in [0.3, 0.4) is 0 Å². The van der Waals surface area contributed by atoms with Crippen molar-refractivity contribution in [1.82, 2.24) is 5.32 Å². The molecule has 2 aromatic carbocycles. The van der Waals surface area contributed by atoms with Crippen LogP contribution in [-0.2, 0) is 16.0 Å². The number of rotatable bonds is 6. The Morgan fingerprint density at radius 3 is 2.08 bits per heavy atom. The molecule has 0 radical (unpaired) electrons. The Labute approximate surface area is 152 Å². The molecule has 2 aromatic rings. The van der Waals surface area contributed by atoms with E-state index in [2.05, 4.69) is 10.6 Å². The molecule has 2 amide bonds. The van der Waals surface area contributed by atoms with Gasteiger partial charge in [0.15, 0.2) is 0 Å². The number of benzene rings is 2. The summed E-state index contributed by atoms with van der Waals surface area (Å²) < 4.78 is 0. The van der Waals surface area contributed by atoms with Gasteiger partial charge in [-0.1, -0.05) is 18.2 Å². The van der Waals surface area contributed by atoms with Crippen LogP contribution in [0.1, 0.15) is 34.0 Å². The lowest BCUT2D eigenvalue weighted by Crippen LogP contribution is -2.42. The number of amides is 2. The molecule has 2 rings (SSSR count). The van der Waals surface area contributed by atoms with Crippen molar-refractivity contribution in [2.45, 2.75) is 33.2 Å². The van der Waals surface area contributed by atoms with Crippen LogP contribution in [0, 0.1) is 13.8 Å². The number of nitrogens with one attached hydrogen (secondary N) is 2. The highest BCUT2D eigenvalue weighted by Gasteiger charge is 2.22. The Morgan fingerprint density at radius 2 is 1.58 bits per heavy atom. The molecule has 0 aliphatic carbocycles. The van der Waals surface area contributed by atoms with Crippen LogP contribution in [0.15, 0.2) is 42.5 Å². The highest BCUT2D eigenvalue weighted by molar-refractivity contribution is 5.97. The molecular weight excluding hydrogens is 332 g/mol. The van der Waals surface area contributed by atoms with Crippen molar-refractivity contribution in [1.29, 1.82) is 0 Å². The number of carbonyl (C=O) groups excluding carboxylic acids is 2. The van der Waals surface area contributed by atoms with Crippen LogP contribution >= 0.6 is 0 Å². The number of carbonyl (C=O) groups is 3. The summed E-state index contributed by atoms with van der Waals surface area (Å²) >= 11 is 0. The predicted molar refractivity (Wildman–Crippen MR) is 99.3 cm³/mol. The first-order valence-electron chi connectivity index (χ1n) is 8.24. The number of aryl methyl sites for hydroxylation is 2. The summed E-state index contributed by atoms with van der Waals surface area (Å²) in [5.74, 6) is -1.77. The van der Waals surface area contributed by atoms with Crippen LogP contribution in [0.25, 0.3) is 0 Å². The van der Waals surface area contributed by atoms with E-state index in [-0.39, 0.29) is 12.3 Å². The number of carboxylic acids is 1. The molecule has 6 nitrogen and oxygen atoms in total. The van der Waals surface area contributed by atoms with Gasteiger partial charge in [0, 0.05) is 24.6 Å². The summed E-state index contributed by atoms with van der Waals surface area (Å²) in [7, 11) is 0. The van der Waals surface area contributed by atoms with E-state index in [1.807, 2.05) is 32.0 Å². The molecule has 6 heteroatoms. The zero-order valence-corrected chi connectivity index (χ0v) is 15.0. The first-order chi connectivity index (χ1) is 12.3. The molecule has 0 unspecified atom stereocenters. The molecule has 0 saturated carbocycles. The van der Waals surface area contributed by atoms with Gasteiger partial charge < -0.3 is 15.7 Å². The van der Waals surface area contributed by atoms with Crippen molar-refractivity contribution in [3.63, 3.8) is 0 Å². The highest BCUT2D eigenvalue weighted by atomic mass is 16.4. The molecule has 1 atom stereocenters. The quantitative estimate of drug-likeness (QED) is 0.743. The average molecular weight is 354 g/mol. The molecule has 0 heterocycles. The Morgan fingerprint density at radius 1 is 1.00 bits per heavy atom. The maximum atomic E-state index is 12.4. The molecule has 0 fully saturated rings. The fourth-order valence-corrected chi connectivity index (χ4v) is 2.72. The van der Waals surface area contributed by atoms with Crippen LogP contribution < -0.4 is 10.6 Å². The monoisotopic (exact) mass is 354 g/mol. The van der Waals surface area contributed by atoms with Crippen LogP contribution in [0.5, 0.6) is 0 Å². The van der Waals surface area contributed by atoms with Gasteiger partial charge in [-0.3, -0.25) is 9.59 Å². The van der Waals surface area contributed by atoms with Crippen LogP contribution in [0.4, 0.5) is 5.69 Å². The van der Waals surface area contributed by atoms with Crippen molar-refractivity contribution in [3.05, 3.63) is 64.7 Å². The number of hydrogen-bond acceptors (Lipinski definition) is 3. The Kier molecular flexibility index (Phi) is 6.11. The van der Waals surface area contributed by atoms with Gasteiger partial charge in [0.2, 0.25) is 5.91 Å². The standard InChI is InChI=1S/C20H22N2O4/c1-12-5-4-6-13(2)17(12)11-18(20(25)26)22-19(24)15-7-9-16(10-8-15)21-14(3)23/h4-10,18H,11H2,1-3H3,(H,21,23)(H,22,24)(H,25,26)/t18-/m1/s1. The normalized spacial score (nSPS) is 11.5. The molecule has 136 valence electrons. The second kappa shape index (κ2) is 8.29. The summed E-state index contributed by atoms with van der Waals surface area (Å²) in [5, 5.41) is 14.7. The van der Waals surface area contributed by atoms with E-state index in [1.54, 1.807) is 24.3 Å². The van der Waals surface area contributed by atoms with Crippen molar-refractivity contribution in [2.24, 2.45) is 0 Å². The third-order valence-electron chi connectivity index (χ3n) is 4.12. The number of aliphatic carboxylic acids is 1. The second-order valence-corrected chi connectivity index (χ2v) is 6.20. The summed E-state index contributed by atoms with van der Waals surface area (Å²) in [6, 6.07) is 11.0. The van der Waals surface area contributed by atoms with Crippen LogP contribution in [0.2, 0.25) is 0 Å². The molecule has 0 aromatic heterocycles. The lowest BCUT2D eigenvalue weighted by Gasteiger charge is -2.17. The Bertz CT molecular complexity index is 808. The Hall–Kier alpha value is -3.15. The van der Waals surface area contributed by atoms with Crippen molar-refractivity contribution < 1.29 is 19.5 Å². The van der Waals surface area contributed by atoms with Gasteiger partial charge in [-0.15, -0.1) is 0 Å². The van der Waals surface area contributed by atoms with E-state index in [1.165, 1.54) is 6.92 Å². The second-order valence-electron chi connectivity index (χ2n) is 6.20. The molecule has 26 heavy (non-hydrogen) atoms. The van der Waals surface area contributed by atoms with Crippen LogP contribution in [-0.4, -0.2) is 28.9 Å². The molecule has 0 aliphatic heterocycles. The molecule has 0 bridgehead atoms. The number of anilines is 1. The number of hydrogen-bond donors (Lipinski definition) is 3. The minimum atomic E-state index is -1.09. The predicted octanol–water partition coefficient (Wildman–Crippen LogP) is 2.69. The molecule has 0 aliphatic rings. The lowest BCUT2D eigenvalue weighted by molar-refractivity contribution is -0.139. The third kappa shape index (κ3) is 4.92. The van der Waals surface area contributed by atoms with Gasteiger partial charge in [0.25, 0.3) is 5.91 Å². The van der Waals surface area contributed by atoms with E-state index in [0.29, 0.717) is 11.3 Å². The Balaban J connectivity index is 2.13. The summed E-state index contributed by atoms with van der Waals surface area (Å²) in [4.78, 5) is 35.0.